The number of anilines is 1. The van der Waals surface area contributed by atoms with Gasteiger partial charge in [0, 0.05) is 12.2 Å². The van der Waals surface area contributed by atoms with Crippen molar-refractivity contribution in [3.8, 4) is 5.75 Å². The predicted octanol–water partition coefficient (Wildman–Crippen LogP) is 4.75. The Morgan fingerprint density at radius 1 is 1.25 bits per heavy atom. The highest BCUT2D eigenvalue weighted by Gasteiger charge is 2.27. The molecule has 3 aromatic rings. The molecule has 1 aliphatic heterocycles. The number of thiazole rings is 1. The predicted molar refractivity (Wildman–Crippen MR) is 113 cm³/mol. The molecule has 1 unspecified atom stereocenters. The number of carbonyl (C=O) groups is 1. The van der Waals surface area contributed by atoms with Crippen LogP contribution in [0.4, 0.5) is 5.13 Å². The van der Waals surface area contributed by atoms with Crippen LogP contribution in [0.3, 0.4) is 0 Å². The van der Waals surface area contributed by atoms with Crippen LogP contribution in [0.2, 0.25) is 0 Å². The van der Waals surface area contributed by atoms with Gasteiger partial charge >= 0.3 is 0 Å². The Labute approximate surface area is 168 Å². The second kappa shape index (κ2) is 7.89. The van der Waals surface area contributed by atoms with Gasteiger partial charge in [-0.05, 0) is 74.2 Å². The fraction of sp³-hybridized carbons (Fsp3) is 0.364. The molecule has 0 bridgehead atoms. The molecular weight excluding hydrogens is 372 g/mol. The number of benzene rings is 2. The van der Waals surface area contributed by atoms with Crippen molar-refractivity contribution >= 4 is 32.6 Å². The molecular formula is C22H24N2O3S. The highest BCUT2D eigenvalue weighted by Crippen LogP contribution is 2.32. The summed E-state index contributed by atoms with van der Waals surface area (Å²) in [5, 5.41) is 0.719. The highest BCUT2D eigenvalue weighted by atomic mass is 32.1. The number of fused-ring (bicyclic) bond motifs is 1. The highest BCUT2D eigenvalue weighted by molar-refractivity contribution is 7.22. The molecule has 1 saturated heterocycles. The zero-order valence-electron chi connectivity index (χ0n) is 16.4. The van der Waals surface area contributed by atoms with Gasteiger partial charge in [0.2, 0.25) is 0 Å². The summed E-state index contributed by atoms with van der Waals surface area (Å²) in [7, 11) is 1.62. The fourth-order valence-electron chi connectivity index (χ4n) is 3.41. The number of aryl methyl sites for hydroxylation is 2. The quantitative estimate of drug-likeness (QED) is 0.625. The number of ether oxygens (including phenoxy) is 2. The Morgan fingerprint density at radius 3 is 2.68 bits per heavy atom. The van der Waals surface area contributed by atoms with Gasteiger partial charge in [-0.15, -0.1) is 0 Å². The summed E-state index contributed by atoms with van der Waals surface area (Å²) < 4.78 is 12.1. The zero-order valence-corrected chi connectivity index (χ0v) is 17.2. The Hall–Kier alpha value is -2.44. The van der Waals surface area contributed by atoms with Gasteiger partial charge in [-0.2, -0.15) is 0 Å². The number of hydrogen-bond acceptors (Lipinski definition) is 5. The van der Waals surface area contributed by atoms with E-state index in [4.69, 9.17) is 14.5 Å². The smallest absolute Gasteiger partial charge is 0.260 e. The average molecular weight is 397 g/mol. The van der Waals surface area contributed by atoms with E-state index in [1.807, 2.05) is 12.1 Å². The molecule has 0 aliphatic carbocycles. The molecule has 1 aromatic heterocycles. The number of nitrogens with zero attached hydrogens (tertiary/aromatic N) is 2. The summed E-state index contributed by atoms with van der Waals surface area (Å²) in [6.45, 7) is 5.46. The van der Waals surface area contributed by atoms with Gasteiger partial charge in [0.05, 0.1) is 30.0 Å². The molecule has 0 spiro atoms. The SMILES string of the molecule is COc1ccc(C(=O)N(CC2CCCO2)c2nc3cc(C)c(C)cc3s2)cc1. The molecule has 6 heteroatoms. The number of rotatable bonds is 5. The van der Waals surface area contributed by atoms with E-state index in [9.17, 15) is 4.79 Å². The molecule has 2 heterocycles. The minimum atomic E-state index is -0.0642. The van der Waals surface area contributed by atoms with E-state index in [0.29, 0.717) is 12.1 Å². The van der Waals surface area contributed by atoms with Crippen molar-refractivity contribution in [2.24, 2.45) is 0 Å². The van der Waals surface area contributed by atoms with Crippen molar-refractivity contribution in [2.45, 2.75) is 32.8 Å². The van der Waals surface area contributed by atoms with Crippen LogP contribution in [-0.4, -0.2) is 37.3 Å². The Kier molecular flexibility index (Phi) is 5.33. The third kappa shape index (κ3) is 3.75. The van der Waals surface area contributed by atoms with E-state index in [2.05, 4.69) is 26.0 Å². The van der Waals surface area contributed by atoms with Gasteiger partial charge in [0.1, 0.15) is 5.75 Å². The van der Waals surface area contributed by atoms with Crippen LogP contribution >= 0.6 is 11.3 Å². The van der Waals surface area contributed by atoms with Crippen LogP contribution in [0.1, 0.15) is 34.3 Å². The van der Waals surface area contributed by atoms with Crippen LogP contribution in [0.5, 0.6) is 5.75 Å². The van der Waals surface area contributed by atoms with Crippen LogP contribution in [0.15, 0.2) is 36.4 Å². The largest absolute Gasteiger partial charge is 0.497 e. The van der Waals surface area contributed by atoms with Crippen molar-refractivity contribution < 1.29 is 14.3 Å². The number of hydrogen-bond donors (Lipinski definition) is 0. The van der Waals surface area contributed by atoms with Crippen molar-refractivity contribution in [1.82, 2.24) is 4.98 Å². The number of aromatic nitrogens is 1. The van der Waals surface area contributed by atoms with E-state index in [-0.39, 0.29) is 12.0 Å². The molecule has 1 aliphatic rings. The van der Waals surface area contributed by atoms with Gasteiger partial charge in [-0.3, -0.25) is 9.69 Å². The van der Waals surface area contributed by atoms with E-state index >= 15 is 0 Å². The molecule has 1 atom stereocenters. The van der Waals surface area contributed by atoms with Crippen LogP contribution < -0.4 is 9.64 Å². The Balaban J connectivity index is 1.70. The molecule has 5 nitrogen and oxygen atoms in total. The van der Waals surface area contributed by atoms with E-state index < -0.39 is 0 Å². The number of methoxy groups -OCH3 is 1. The lowest BCUT2D eigenvalue weighted by Gasteiger charge is -2.23. The van der Waals surface area contributed by atoms with Crippen molar-refractivity contribution in [3.63, 3.8) is 0 Å². The lowest BCUT2D eigenvalue weighted by Crippen LogP contribution is -2.37. The molecule has 28 heavy (non-hydrogen) atoms. The topological polar surface area (TPSA) is 51.7 Å². The summed E-state index contributed by atoms with van der Waals surface area (Å²) in [5.41, 5.74) is 3.99. The second-order valence-corrected chi connectivity index (χ2v) is 8.19. The molecule has 0 radical (unpaired) electrons. The number of amides is 1. The van der Waals surface area contributed by atoms with Crippen molar-refractivity contribution in [1.29, 1.82) is 0 Å². The fourth-order valence-corrected chi connectivity index (χ4v) is 4.47. The first kappa shape index (κ1) is 18.9. The van der Waals surface area contributed by atoms with Crippen molar-refractivity contribution in [2.75, 3.05) is 25.2 Å². The Bertz CT molecular complexity index is 952. The molecule has 2 aromatic carbocycles. The summed E-state index contributed by atoms with van der Waals surface area (Å²) in [6.07, 6.45) is 2.06. The van der Waals surface area contributed by atoms with E-state index in [0.717, 1.165) is 40.5 Å². The normalized spacial score (nSPS) is 16.5. The van der Waals surface area contributed by atoms with Crippen molar-refractivity contribution in [3.05, 3.63) is 53.1 Å². The molecule has 4 rings (SSSR count). The summed E-state index contributed by atoms with van der Waals surface area (Å²) in [5.74, 6) is 0.666. The molecule has 0 saturated carbocycles. The maximum Gasteiger partial charge on any atom is 0.260 e. The zero-order chi connectivity index (χ0) is 19.7. The third-order valence-electron chi connectivity index (χ3n) is 5.22. The first-order valence-electron chi connectivity index (χ1n) is 9.50. The summed E-state index contributed by atoms with van der Waals surface area (Å²) >= 11 is 1.56. The van der Waals surface area contributed by atoms with Crippen LogP contribution in [0, 0.1) is 13.8 Å². The first-order valence-corrected chi connectivity index (χ1v) is 10.3. The van der Waals surface area contributed by atoms with Gasteiger partial charge in [-0.1, -0.05) is 11.3 Å². The molecule has 1 amide bonds. The minimum Gasteiger partial charge on any atom is -0.497 e. The van der Waals surface area contributed by atoms with Gasteiger partial charge < -0.3 is 9.47 Å². The van der Waals surface area contributed by atoms with Crippen LogP contribution in [-0.2, 0) is 4.74 Å². The third-order valence-corrected chi connectivity index (χ3v) is 6.26. The van der Waals surface area contributed by atoms with Crippen LogP contribution in [0.25, 0.3) is 10.2 Å². The lowest BCUT2D eigenvalue weighted by molar-refractivity contribution is 0.0917. The monoisotopic (exact) mass is 396 g/mol. The summed E-state index contributed by atoms with van der Waals surface area (Å²) in [6, 6.07) is 11.4. The second-order valence-electron chi connectivity index (χ2n) is 7.18. The lowest BCUT2D eigenvalue weighted by atomic mass is 10.1. The average Bonchev–Trinajstić information content (AvgIpc) is 3.35. The number of carbonyl (C=O) groups excluding carboxylic acids is 1. The minimum absolute atomic E-state index is 0.0534. The Morgan fingerprint density at radius 2 is 2.00 bits per heavy atom. The molecule has 1 fully saturated rings. The van der Waals surface area contributed by atoms with E-state index in [1.165, 1.54) is 11.1 Å². The standard InChI is InChI=1S/C22H24N2O3S/c1-14-11-19-20(12-15(14)2)28-22(23-19)24(13-18-5-4-10-27-18)21(25)16-6-8-17(26-3)9-7-16/h6-9,11-12,18H,4-5,10,13H2,1-3H3. The van der Waals surface area contributed by atoms with Gasteiger partial charge in [0.15, 0.2) is 5.13 Å². The summed E-state index contributed by atoms with van der Waals surface area (Å²) in [4.78, 5) is 19.9. The maximum atomic E-state index is 13.3. The molecule has 0 N–H and O–H groups in total. The molecule has 146 valence electrons. The van der Waals surface area contributed by atoms with Gasteiger partial charge in [0.25, 0.3) is 5.91 Å². The maximum absolute atomic E-state index is 13.3. The van der Waals surface area contributed by atoms with E-state index in [1.54, 1.807) is 35.5 Å². The van der Waals surface area contributed by atoms with Gasteiger partial charge in [-0.25, -0.2) is 4.98 Å². The first-order chi connectivity index (χ1) is 13.5.